The summed E-state index contributed by atoms with van der Waals surface area (Å²) in [4.78, 5) is 19.7. The van der Waals surface area contributed by atoms with Crippen molar-refractivity contribution in [1.82, 2.24) is 9.97 Å². The summed E-state index contributed by atoms with van der Waals surface area (Å²) >= 11 is 1.21. The van der Waals surface area contributed by atoms with Crippen molar-refractivity contribution in [3.8, 4) is 0 Å². The van der Waals surface area contributed by atoms with Crippen LogP contribution >= 0.6 is 11.8 Å². The first-order valence-corrected chi connectivity index (χ1v) is 6.38. The lowest BCUT2D eigenvalue weighted by atomic mass is 10.2. The van der Waals surface area contributed by atoms with E-state index < -0.39 is 5.82 Å². The number of thioether (sulfide) groups is 1. The van der Waals surface area contributed by atoms with Crippen LogP contribution in [0.2, 0.25) is 0 Å². The zero-order chi connectivity index (χ0) is 13.7. The number of rotatable bonds is 4. The maximum Gasteiger partial charge on any atom is 0.234 e. The number of nitrogen functional groups attached to an aromatic ring is 1. The SMILES string of the molecule is Nc1cc(F)ccc1NC(=O)CSc1ncccn1. The third-order valence-electron chi connectivity index (χ3n) is 2.16. The number of carbonyl (C=O) groups is 1. The van der Waals surface area contributed by atoms with E-state index in [1.165, 1.54) is 23.9 Å². The van der Waals surface area contributed by atoms with Gasteiger partial charge in [-0.15, -0.1) is 0 Å². The molecule has 0 atom stereocenters. The molecule has 2 aromatic rings. The standard InChI is InChI=1S/C12H11FN4OS/c13-8-2-3-10(9(14)6-8)17-11(18)7-19-12-15-4-1-5-16-12/h1-6H,7,14H2,(H,17,18). The molecular weight excluding hydrogens is 267 g/mol. The number of nitrogens with zero attached hydrogens (tertiary/aromatic N) is 2. The summed E-state index contributed by atoms with van der Waals surface area (Å²) < 4.78 is 12.8. The number of hydrogen-bond acceptors (Lipinski definition) is 5. The van der Waals surface area contributed by atoms with Crippen molar-refractivity contribution in [2.45, 2.75) is 5.16 Å². The fourth-order valence-corrected chi connectivity index (χ4v) is 1.93. The van der Waals surface area contributed by atoms with Gasteiger partial charge in [-0.05, 0) is 24.3 Å². The lowest BCUT2D eigenvalue weighted by molar-refractivity contribution is -0.113. The molecule has 0 bridgehead atoms. The molecule has 0 fully saturated rings. The minimum absolute atomic E-state index is 0.154. The molecule has 1 aromatic carbocycles. The Kier molecular flexibility index (Phi) is 4.30. The Balaban J connectivity index is 1.91. The quantitative estimate of drug-likeness (QED) is 0.507. The summed E-state index contributed by atoms with van der Waals surface area (Å²) in [6.45, 7) is 0. The smallest absolute Gasteiger partial charge is 0.234 e. The van der Waals surface area contributed by atoms with Gasteiger partial charge < -0.3 is 11.1 Å². The number of hydrogen-bond donors (Lipinski definition) is 2. The van der Waals surface area contributed by atoms with E-state index in [-0.39, 0.29) is 17.3 Å². The van der Waals surface area contributed by atoms with Crippen LogP contribution < -0.4 is 11.1 Å². The third kappa shape index (κ3) is 3.92. The number of carbonyl (C=O) groups excluding carboxylic acids is 1. The summed E-state index contributed by atoms with van der Waals surface area (Å²) in [5, 5.41) is 3.12. The molecular formula is C12H11FN4OS. The molecule has 0 unspecified atom stereocenters. The lowest BCUT2D eigenvalue weighted by Gasteiger charge is -2.07. The van der Waals surface area contributed by atoms with Gasteiger partial charge in [0.2, 0.25) is 5.91 Å². The normalized spacial score (nSPS) is 10.2. The van der Waals surface area contributed by atoms with Crippen LogP contribution in [0.15, 0.2) is 41.8 Å². The Hall–Kier alpha value is -2.15. The van der Waals surface area contributed by atoms with Crippen LogP contribution in [0, 0.1) is 5.82 Å². The second-order valence-corrected chi connectivity index (χ2v) is 4.54. The van der Waals surface area contributed by atoms with Gasteiger partial charge >= 0.3 is 0 Å². The number of nitrogens with one attached hydrogen (secondary N) is 1. The molecule has 0 spiro atoms. The fourth-order valence-electron chi connectivity index (χ4n) is 1.32. The van der Waals surface area contributed by atoms with Crippen LogP contribution in [-0.2, 0) is 4.79 Å². The summed E-state index contributed by atoms with van der Waals surface area (Å²) in [6, 6.07) is 5.51. The van der Waals surface area contributed by atoms with Crippen LogP contribution in [-0.4, -0.2) is 21.6 Å². The van der Waals surface area contributed by atoms with Crippen LogP contribution in [0.25, 0.3) is 0 Å². The van der Waals surface area contributed by atoms with Crippen molar-refractivity contribution in [3.63, 3.8) is 0 Å². The van der Waals surface area contributed by atoms with Gasteiger partial charge in [0.25, 0.3) is 0 Å². The zero-order valence-electron chi connectivity index (χ0n) is 9.84. The van der Waals surface area contributed by atoms with Crippen LogP contribution in [0.1, 0.15) is 0 Å². The van der Waals surface area contributed by atoms with Gasteiger partial charge in [0.05, 0.1) is 17.1 Å². The van der Waals surface area contributed by atoms with Gasteiger partial charge in [0.15, 0.2) is 5.16 Å². The van der Waals surface area contributed by atoms with Crippen molar-refractivity contribution in [3.05, 3.63) is 42.5 Å². The van der Waals surface area contributed by atoms with Crippen LogP contribution in [0.4, 0.5) is 15.8 Å². The van der Waals surface area contributed by atoms with Crippen molar-refractivity contribution in [2.24, 2.45) is 0 Å². The van der Waals surface area contributed by atoms with Gasteiger partial charge in [-0.3, -0.25) is 4.79 Å². The van der Waals surface area contributed by atoms with Crippen LogP contribution in [0.5, 0.6) is 0 Å². The van der Waals surface area contributed by atoms with Crippen molar-refractivity contribution < 1.29 is 9.18 Å². The third-order valence-corrected chi connectivity index (χ3v) is 3.04. The first-order chi connectivity index (χ1) is 9.15. The molecule has 0 saturated heterocycles. The number of nitrogens with two attached hydrogens (primary N) is 1. The molecule has 0 saturated carbocycles. The van der Waals surface area contributed by atoms with E-state index in [0.29, 0.717) is 10.8 Å². The van der Waals surface area contributed by atoms with Gasteiger partial charge in [0, 0.05) is 12.4 Å². The Morgan fingerprint density at radius 3 is 2.79 bits per heavy atom. The van der Waals surface area contributed by atoms with E-state index in [1.54, 1.807) is 18.5 Å². The highest BCUT2D eigenvalue weighted by Crippen LogP contribution is 2.20. The predicted octanol–water partition coefficient (Wildman–Crippen LogP) is 1.93. The number of benzene rings is 1. The topological polar surface area (TPSA) is 80.9 Å². The molecule has 2 rings (SSSR count). The molecule has 3 N–H and O–H groups in total. The summed E-state index contributed by atoms with van der Waals surface area (Å²) in [5.41, 5.74) is 6.17. The highest BCUT2D eigenvalue weighted by Gasteiger charge is 2.07. The molecule has 0 aliphatic carbocycles. The second-order valence-electron chi connectivity index (χ2n) is 3.60. The first kappa shape index (κ1) is 13.3. The Morgan fingerprint density at radius 1 is 1.37 bits per heavy atom. The Morgan fingerprint density at radius 2 is 2.11 bits per heavy atom. The van der Waals surface area contributed by atoms with E-state index in [9.17, 15) is 9.18 Å². The zero-order valence-corrected chi connectivity index (χ0v) is 10.7. The number of aromatic nitrogens is 2. The van der Waals surface area contributed by atoms with Gasteiger partial charge in [-0.25, -0.2) is 14.4 Å². The summed E-state index contributed by atoms with van der Waals surface area (Å²) in [5.74, 6) is -0.542. The average Bonchev–Trinajstić information content (AvgIpc) is 2.41. The molecule has 0 aliphatic heterocycles. The highest BCUT2D eigenvalue weighted by molar-refractivity contribution is 7.99. The average molecular weight is 278 g/mol. The number of halogens is 1. The molecule has 0 aliphatic rings. The second kappa shape index (κ2) is 6.14. The van der Waals surface area contributed by atoms with Crippen molar-refractivity contribution in [2.75, 3.05) is 16.8 Å². The van der Waals surface area contributed by atoms with Gasteiger partial charge in [-0.1, -0.05) is 11.8 Å². The fraction of sp³-hybridized carbons (Fsp3) is 0.0833. The minimum Gasteiger partial charge on any atom is -0.397 e. The van der Waals surface area contributed by atoms with Gasteiger partial charge in [-0.2, -0.15) is 0 Å². The number of anilines is 2. The van der Waals surface area contributed by atoms with E-state index in [0.717, 1.165) is 6.07 Å². The van der Waals surface area contributed by atoms with Crippen molar-refractivity contribution >= 4 is 29.0 Å². The van der Waals surface area contributed by atoms with Crippen molar-refractivity contribution in [1.29, 1.82) is 0 Å². The molecule has 19 heavy (non-hydrogen) atoms. The predicted molar refractivity (Wildman–Crippen MR) is 72.2 cm³/mol. The number of amides is 1. The molecule has 1 heterocycles. The molecule has 1 aromatic heterocycles. The maximum atomic E-state index is 12.8. The van der Waals surface area contributed by atoms with E-state index in [4.69, 9.17) is 5.73 Å². The maximum absolute atomic E-state index is 12.8. The lowest BCUT2D eigenvalue weighted by Crippen LogP contribution is -2.15. The molecule has 7 heteroatoms. The summed E-state index contributed by atoms with van der Waals surface area (Å²) in [7, 11) is 0. The first-order valence-electron chi connectivity index (χ1n) is 5.40. The van der Waals surface area contributed by atoms with E-state index >= 15 is 0 Å². The van der Waals surface area contributed by atoms with E-state index in [1.807, 2.05) is 0 Å². The molecule has 1 amide bonds. The van der Waals surface area contributed by atoms with E-state index in [2.05, 4.69) is 15.3 Å². The summed E-state index contributed by atoms with van der Waals surface area (Å²) in [6.07, 6.45) is 3.20. The monoisotopic (exact) mass is 278 g/mol. The largest absolute Gasteiger partial charge is 0.397 e. The molecule has 5 nitrogen and oxygen atoms in total. The highest BCUT2D eigenvalue weighted by atomic mass is 32.2. The van der Waals surface area contributed by atoms with Crippen LogP contribution in [0.3, 0.4) is 0 Å². The molecule has 0 radical (unpaired) electrons. The minimum atomic E-state index is -0.442. The Labute approximate surface area is 113 Å². The van der Waals surface area contributed by atoms with Gasteiger partial charge in [0.1, 0.15) is 5.82 Å². The molecule has 98 valence electrons. The Bertz CT molecular complexity index is 579.